The summed E-state index contributed by atoms with van der Waals surface area (Å²) in [5.74, 6) is -0.452. The molecule has 0 fully saturated rings. The van der Waals surface area contributed by atoms with E-state index in [9.17, 15) is 9.59 Å². The Morgan fingerprint density at radius 3 is 2.00 bits per heavy atom. The van der Waals surface area contributed by atoms with Crippen molar-refractivity contribution in [2.24, 2.45) is 0 Å². The lowest BCUT2D eigenvalue weighted by Crippen LogP contribution is -2.20. The van der Waals surface area contributed by atoms with Gasteiger partial charge in [-0.3, -0.25) is 9.59 Å². The third-order valence-corrected chi connectivity index (χ3v) is 3.31. The molecular formula is C19H19NO2. The molecule has 0 aliphatic heterocycles. The molecule has 0 bridgehead atoms. The molecule has 0 saturated carbocycles. The van der Waals surface area contributed by atoms with Crippen LogP contribution in [0.1, 0.15) is 27.0 Å². The van der Waals surface area contributed by atoms with Crippen LogP contribution in [0.15, 0.2) is 60.7 Å². The molecule has 2 aromatic rings. The number of benzene rings is 2. The van der Waals surface area contributed by atoms with E-state index >= 15 is 0 Å². The molecule has 3 heteroatoms. The summed E-state index contributed by atoms with van der Waals surface area (Å²) < 4.78 is 0. The largest absolute Gasteiger partial charge is 0.348 e. The van der Waals surface area contributed by atoms with Crippen molar-refractivity contribution in [3.8, 4) is 0 Å². The molecule has 3 nitrogen and oxygen atoms in total. The maximum Gasteiger partial charge on any atom is 0.244 e. The highest BCUT2D eigenvalue weighted by atomic mass is 16.1. The van der Waals surface area contributed by atoms with Gasteiger partial charge in [-0.1, -0.05) is 59.7 Å². The lowest BCUT2D eigenvalue weighted by Gasteiger charge is -2.03. The molecule has 1 N–H and O–H groups in total. The van der Waals surface area contributed by atoms with Crippen molar-refractivity contribution in [1.29, 1.82) is 0 Å². The molecule has 2 rings (SSSR count). The topological polar surface area (TPSA) is 46.2 Å². The summed E-state index contributed by atoms with van der Waals surface area (Å²) in [6, 6.07) is 15.2. The van der Waals surface area contributed by atoms with Crippen LogP contribution in [0.2, 0.25) is 0 Å². The Hall–Kier alpha value is -2.68. The standard InChI is InChI=1S/C19H19NO2/c1-14-3-7-16(8-4-14)13-20-19(22)12-11-18(21)17-9-5-15(2)6-10-17/h3-12H,13H2,1-2H3,(H,20,22)/b12-11+. The molecule has 0 aromatic heterocycles. The maximum absolute atomic E-state index is 11.9. The van der Waals surface area contributed by atoms with E-state index in [2.05, 4.69) is 5.32 Å². The number of hydrogen-bond acceptors (Lipinski definition) is 2. The number of ketones is 1. The van der Waals surface area contributed by atoms with Gasteiger partial charge in [-0.25, -0.2) is 0 Å². The minimum atomic E-state index is -0.277. The van der Waals surface area contributed by atoms with Crippen LogP contribution in [0.25, 0.3) is 0 Å². The molecule has 0 saturated heterocycles. The zero-order chi connectivity index (χ0) is 15.9. The Morgan fingerprint density at radius 2 is 1.41 bits per heavy atom. The molecule has 0 aliphatic carbocycles. The van der Waals surface area contributed by atoms with Gasteiger partial charge in [0.15, 0.2) is 5.78 Å². The van der Waals surface area contributed by atoms with E-state index in [-0.39, 0.29) is 11.7 Å². The van der Waals surface area contributed by atoms with E-state index in [1.165, 1.54) is 17.7 Å². The average Bonchev–Trinajstić information content (AvgIpc) is 2.52. The number of carbonyl (C=O) groups is 2. The first kappa shape index (κ1) is 15.7. The SMILES string of the molecule is Cc1ccc(CNC(=O)/C=C/C(=O)c2ccc(C)cc2)cc1. The molecule has 112 valence electrons. The molecule has 22 heavy (non-hydrogen) atoms. The second-order valence-corrected chi connectivity index (χ2v) is 5.27. The smallest absolute Gasteiger partial charge is 0.244 e. The lowest BCUT2D eigenvalue weighted by atomic mass is 10.1. The molecular weight excluding hydrogens is 274 g/mol. The van der Waals surface area contributed by atoms with Crippen molar-refractivity contribution in [2.45, 2.75) is 20.4 Å². The molecule has 0 atom stereocenters. The first-order valence-electron chi connectivity index (χ1n) is 7.17. The molecule has 2 aromatic carbocycles. The number of aryl methyl sites for hydroxylation is 2. The highest BCUT2D eigenvalue weighted by Crippen LogP contribution is 2.05. The number of hydrogen-bond donors (Lipinski definition) is 1. The minimum absolute atomic E-state index is 0.175. The number of carbonyl (C=O) groups excluding carboxylic acids is 2. The van der Waals surface area contributed by atoms with E-state index in [1.54, 1.807) is 12.1 Å². The van der Waals surface area contributed by atoms with Crippen LogP contribution in [-0.4, -0.2) is 11.7 Å². The van der Waals surface area contributed by atoms with Crippen molar-refractivity contribution >= 4 is 11.7 Å². The summed E-state index contributed by atoms with van der Waals surface area (Å²) in [5.41, 5.74) is 3.88. The molecule has 0 spiro atoms. The van der Waals surface area contributed by atoms with Crippen molar-refractivity contribution in [3.05, 3.63) is 82.9 Å². The Labute approximate surface area is 130 Å². The zero-order valence-electron chi connectivity index (χ0n) is 12.8. The summed E-state index contributed by atoms with van der Waals surface area (Å²) in [4.78, 5) is 23.6. The number of nitrogens with one attached hydrogen (secondary N) is 1. The van der Waals surface area contributed by atoms with Gasteiger partial charge in [-0.15, -0.1) is 0 Å². The van der Waals surface area contributed by atoms with Crippen LogP contribution in [0.5, 0.6) is 0 Å². The van der Waals surface area contributed by atoms with Gasteiger partial charge < -0.3 is 5.32 Å². The molecule has 0 aliphatic rings. The minimum Gasteiger partial charge on any atom is -0.348 e. The van der Waals surface area contributed by atoms with Gasteiger partial charge in [0.05, 0.1) is 0 Å². The monoisotopic (exact) mass is 293 g/mol. The second-order valence-electron chi connectivity index (χ2n) is 5.27. The van der Waals surface area contributed by atoms with Gasteiger partial charge in [0, 0.05) is 18.2 Å². The van der Waals surface area contributed by atoms with Gasteiger partial charge in [0.1, 0.15) is 0 Å². The predicted octanol–water partition coefficient (Wildman–Crippen LogP) is 3.36. The normalized spacial score (nSPS) is 10.6. The molecule has 0 unspecified atom stereocenters. The van der Waals surface area contributed by atoms with Crippen LogP contribution in [-0.2, 0) is 11.3 Å². The average molecular weight is 293 g/mol. The highest BCUT2D eigenvalue weighted by Gasteiger charge is 2.02. The maximum atomic E-state index is 11.9. The zero-order valence-corrected chi connectivity index (χ0v) is 12.8. The third kappa shape index (κ3) is 4.70. The molecule has 1 amide bonds. The van der Waals surface area contributed by atoms with Gasteiger partial charge in [0.25, 0.3) is 0 Å². The second kappa shape index (κ2) is 7.36. The summed E-state index contributed by atoms with van der Waals surface area (Å²) in [6.07, 6.45) is 2.57. The first-order valence-corrected chi connectivity index (χ1v) is 7.17. The Kier molecular flexibility index (Phi) is 5.26. The highest BCUT2D eigenvalue weighted by molar-refractivity contribution is 6.07. The quantitative estimate of drug-likeness (QED) is 0.678. The fourth-order valence-electron chi connectivity index (χ4n) is 1.92. The summed E-state index contributed by atoms with van der Waals surface area (Å²) in [5, 5.41) is 2.76. The fourth-order valence-corrected chi connectivity index (χ4v) is 1.92. The predicted molar refractivity (Wildman–Crippen MR) is 87.7 cm³/mol. The number of amides is 1. The summed E-state index contributed by atoms with van der Waals surface area (Å²) in [7, 11) is 0. The van der Waals surface area contributed by atoms with Crippen molar-refractivity contribution in [3.63, 3.8) is 0 Å². The van der Waals surface area contributed by atoms with E-state index in [1.807, 2.05) is 50.2 Å². The molecule has 0 radical (unpaired) electrons. The van der Waals surface area contributed by atoms with Crippen LogP contribution < -0.4 is 5.32 Å². The summed E-state index contributed by atoms with van der Waals surface area (Å²) in [6.45, 7) is 4.42. The van der Waals surface area contributed by atoms with Crippen molar-refractivity contribution in [1.82, 2.24) is 5.32 Å². The fraction of sp³-hybridized carbons (Fsp3) is 0.158. The van der Waals surface area contributed by atoms with E-state index in [0.29, 0.717) is 12.1 Å². The van der Waals surface area contributed by atoms with Gasteiger partial charge in [-0.05, 0) is 25.5 Å². The van der Waals surface area contributed by atoms with Gasteiger partial charge in [0.2, 0.25) is 5.91 Å². The van der Waals surface area contributed by atoms with Crippen LogP contribution in [0.4, 0.5) is 0 Å². The number of allylic oxidation sites excluding steroid dienone is 1. The lowest BCUT2D eigenvalue weighted by molar-refractivity contribution is -0.116. The van der Waals surface area contributed by atoms with E-state index in [0.717, 1.165) is 11.1 Å². The summed E-state index contributed by atoms with van der Waals surface area (Å²) >= 11 is 0. The van der Waals surface area contributed by atoms with Crippen LogP contribution in [0.3, 0.4) is 0 Å². The van der Waals surface area contributed by atoms with E-state index < -0.39 is 0 Å². The van der Waals surface area contributed by atoms with Gasteiger partial charge >= 0.3 is 0 Å². The third-order valence-electron chi connectivity index (χ3n) is 3.31. The van der Waals surface area contributed by atoms with E-state index in [4.69, 9.17) is 0 Å². The van der Waals surface area contributed by atoms with Crippen LogP contribution in [0, 0.1) is 13.8 Å². The Bertz CT molecular complexity index is 682. The Balaban J connectivity index is 1.87. The first-order chi connectivity index (χ1) is 10.5. The molecule has 0 heterocycles. The van der Waals surface area contributed by atoms with Crippen molar-refractivity contribution < 1.29 is 9.59 Å². The Morgan fingerprint density at radius 1 is 0.864 bits per heavy atom. The van der Waals surface area contributed by atoms with Crippen molar-refractivity contribution in [2.75, 3.05) is 0 Å². The van der Waals surface area contributed by atoms with Crippen LogP contribution >= 0.6 is 0 Å². The van der Waals surface area contributed by atoms with Gasteiger partial charge in [-0.2, -0.15) is 0 Å². The number of rotatable bonds is 5.